The van der Waals surface area contributed by atoms with Gasteiger partial charge < -0.3 is 9.47 Å². The van der Waals surface area contributed by atoms with E-state index in [1.54, 1.807) is 0 Å². The van der Waals surface area contributed by atoms with E-state index in [-0.39, 0.29) is 17.9 Å². The number of unbranched alkanes of at least 4 members (excludes halogenated alkanes) is 13. The molecule has 0 radical (unpaired) electrons. The van der Waals surface area contributed by atoms with E-state index in [1.165, 1.54) is 109 Å². The molecule has 244 valence electrons. The summed E-state index contributed by atoms with van der Waals surface area (Å²) < 4.78 is 11.2. The van der Waals surface area contributed by atoms with Gasteiger partial charge in [-0.05, 0) is 43.4 Å². The monoisotopic (exact) mass is 581 g/mol. The maximum Gasteiger partial charge on any atom is 0.308 e. The molecule has 0 amide bonds. The number of hydrogen-bond donors (Lipinski definition) is 0. The highest BCUT2D eigenvalue weighted by Gasteiger charge is 2.19. The van der Waals surface area contributed by atoms with Crippen molar-refractivity contribution in [3.8, 4) is 0 Å². The normalized spacial score (nSPS) is 14.4. The van der Waals surface area contributed by atoms with E-state index in [0.717, 1.165) is 32.1 Å². The Morgan fingerprint density at radius 2 is 0.976 bits per heavy atom. The van der Waals surface area contributed by atoms with Gasteiger partial charge in [0, 0.05) is 6.42 Å². The lowest BCUT2D eigenvalue weighted by molar-refractivity contribution is -0.150. The molecule has 0 saturated carbocycles. The van der Waals surface area contributed by atoms with Crippen molar-refractivity contribution in [3.63, 3.8) is 0 Å². The van der Waals surface area contributed by atoms with Crippen molar-refractivity contribution in [2.24, 2.45) is 23.7 Å². The summed E-state index contributed by atoms with van der Waals surface area (Å²) in [6, 6.07) is 0. The summed E-state index contributed by atoms with van der Waals surface area (Å²) in [5.41, 5.74) is 0. The van der Waals surface area contributed by atoms with E-state index in [9.17, 15) is 9.59 Å². The maximum atomic E-state index is 12.4. The second-order valence-electron chi connectivity index (χ2n) is 13.2. The van der Waals surface area contributed by atoms with E-state index in [1.807, 2.05) is 6.92 Å². The van der Waals surface area contributed by atoms with Crippen molar-refractivity contribution in [2.45, 2.75) is 189 Å². The SMILES string of the molecule is CCCCC(CC)COC(=O)CCCCCCCCCCCCCCC(C)CC(C)C(=O)OCC(CC)CCCC. The number of carbonyl (C=O) groups is 2. The van der Waals surface area contributed by atoms with Gasteiger partial charge in [0.2, 0.25) is 0 Å². The Balaban J connectivity index is 3.56. The topological polar surface area (TPSA) is 52.6 Å². The fourth-order valence-electron chi connectivity index (χ4n) is 5.77. The van der Waals surface area contributed by atoms with Gasteiger partial charge in [-0.25, -0.2) is 0 Å². The molecule has 4 unspecified atom stereocenters. The van der Waals surface area contributed by atoms with Crippen molar-refractivity contribution < 1.29 is 19.1 Å². The van der Waals surface area contributed by atoms with Gasteiger partial charge >= 0.3 is 11.9 Å². The largest absolute Gasteiger partial charge is 0.465 e. The van der Waals surface area contributed by atoms with Gasteiger partial charge in [-0.15, -0.1) is 0 Å². The van der Waals surface area contributed by atoms with Crippen LogP contribution in [0.4, 0.5) is 0 Å². The minimum atomic E-state index is 0.00208. The summed E-state index contributed by atoms with van der Waals surface area (Å²) in [4.78, 5) is 24.4. The third-order valence-electron chi connectivity index (χ3n) is 9.01. The van der Waals surface area contributed by atoms with Gasteiger partial charge in [-0.2, -0.15) is 0 Å². The van der Waals surface area contributed by atoms with Crippen molar-refractivity contribution in [2.75, 3.05) is 13.2 Å². The van der Waals surface area contributed by atoms with Gasteiger partial charge in [0.25, 0.3) is 0 Å². The second-order valence-corrected chi connectivity index (χ2v) is 13.2. The Bertz CT molecular complexity index is 589. The third kappa shape index (κ3) is 25.2. The molecule has 0 spiro atoms. The molecular weight excluding hydrogens is 508 g/mol. The van der Waals surface area contributed by atoms with Gasteiger partial charge in [0.15, 0.2) is 0 Å². The third-order valence-corrected chi connectivity index (χ3v) is 9.01. The smallest absolute Gasteiger partial charge is 0.308 e. The molecule has 4 atom stereocenters. The van der Waals surface area contributed by atoms with Crippen LogP contribution < -0.4 is 0 Å². The second kappa shape index (κ2) is 29.0. The lowest BCUT2D eigenvalue weighted by Crippen LogP contribution is -2.21. The number of hydrogen-bond acceptors (Lipinski definition) is 4. The molecule has 0 aromatic rings. The van der Waals surface area contributed by atoms with Gasteiger partial charge in [-0.3, -0.25) is 9.59 Å². The van der Waals surface area contributed by atoms with E-state index in [0.29, 0.717) is 37.4 Å². The van der Waals surface area contributed by atoms with E-state index >= 15 is 0 Å². The van der Waals surface area contributed by atoms with Crippen LogP contribution in [0.1, 0.15) is 189 Å². The van der Waals surface area contributed by atoms with E-state index in [4.69, 9.17) is 9.47 Å². The van der Waals surface area contributed by atoms with Gasteiger partial charge in [-0.1, -0.05) is 157 Å². The first-order valence-corrected chi connectivity index (χ1v) is 18.2. The Hall–Kier alpha value is -1.06. The predicted octanol–water partition coefficient (Wildman–Crippen LogP) is 11.6. The molecular formula is C37H72O4. The van der Waals surface area contributed by atoms with Crippen LogP contribution in [-0.2, 0) is 19.1 Å². The van der Waals surface area contributed by atoms with Crippen molar-refractivity contribution in [1.29, 1.82) is 0 Å². The summed E-state index contributed by atoms with van der Waals surface area (Å²) in [6.45, 7) is 14.4. The van der Waals surface area contributed by atoms with Crippen molar-refractivity contribution in [3.05, 3.63) is 0 Å². The quantitative estimate of drug-likeness (QED) is 0.0626. The Morgan fingerprint density at radius 3 is 1.44 bits per heavy atom. The van der Waals surface area contributed by atoms with Crippen LogP contribution in [0.3, 0.4) is 0 Å². The molecule has 0 aliphatic rings. The molecule has 0 rings (SSSR count). The van der Waals surface area contributed by atoms with Crippen LogP contribution in [0.2, 0.25) is 0 Å². The van der Waals surface area contributed by atoms with Crippen LogP contribution in [0, 0.1) is 23.7 Å². The predicted molar refractivity (Wildman–Crippen MR) is 176 cm³/mol. The summed E-state index contributed by atoms with van der Waals surface area (Å²) >= 11 is 0. The first-order valence-electron chi connectivity index (χ1n) is 18.2. The molecule has 41 heavy (non-hydrogen) atoms. The molecule has 0 aliphatic heterocycles. The van der Waals surface area contributed by atoms with E-state index in [2.05, 4.69) is 34.6 Å². The first-order chi connectivity index (χ1) is 19.9. The molecule has 0 heterocycles. The number of carbonyl (C=O) groups excluding carboxylic acids is 2. The lowest BCUT2D eigenvalue weighted by Gasteiger charge is -2.19. The number of esters is 2. The van der Waals surface area contributed by atoms with Crippen molar-refractivity contribution in [1.82, 2.24) is 0 Å². The molecule has 4 heteroatoms. The van der Waals surface area contributed by atoms with Gasteiger partial charge in [0.05, 0.1) is 19.1 Å². The molecule has 0 aromatic carbocycles. The van der Waals surface area contributed by atoms with Crippen LogP contribution >= 0.6 is 0 Å². The number of ether oxygens (including phenoxy) is 2. The highest BCUT2D eigenvalue weighted by Crippen LogP contribution is 2.21. The zero-order chi connectivity index (χ0) is 30.6. The van der Waals surface area contributed by atoms with Crippen LogP contribution in [0.5, 0.6) is 0 Å². The van der Waals surface area contributed by atoms with Crippen LogP contribution in [-0.4, -0.2) is 25.2 Å². The summed E-state index contributed by atoms with van der Waals surface area (Å²) in [5, 5.41) is 0. The zero-order valence-electron chi connectivity index (χ0n) is 28.6. The van der Waals surface area contributed by atoms with Gasteiger partial charge in [0.1, 0.15) is 0 Å². The van der Waals surface area contributed by atoms with E-state index < -0.39 is 0 Å². The minimum absolute atomic E-state index is 0.00208. The minimum Gasteiger partial charge on any atom is -0.465 e. The summed E-state index contributed by atoms with van der Waals surface area (Å²) in [5.74, 6) is 1.68. The molecule has 0 aliphatic carbocycles. The average Bonchev–Trinajstić information content (AvgIpc) is 2.97. The maximum absolute atomic E-state index is 12.4. The molecule has 0 N–H and O–H groups in total. The lowest BCUT2D eigenvalue weighted by atomic mass is 9.92. The molecule has 0 saturated heterocycles. The highest BCUT2D eigenvalue weighted by molar-refractivity contribution is 5.72. The molecule has 0 bridgehead atoms. The molecule has 0 aromatic heterocycles. The Morgan fingerprint density at radius 1 is 0.537 bits per heavy atom. The fourth-order valence-corrected chi connectivity index (χ4v) is 5.77. The van der Waals surface area contributed by atoms with Crippen molar-refractivity contribution >= 4 is 11.9 Å². The van der Waals surface area contributed by atoms with Crippen LogP contribution in [0.15, 0.2) is 0 Å². The number of rotatable bonds is 30. The standard InChI is InChI=1S/C37H72O4/c1-7-11-26-34(9-3)30-40-36(38)28-24-22-20-18-16-14-13-15-17-19-21-23-25-32(5)29-33(6)37(39)41-31-35(10-4)27-12-8-2/h32-35H,7-31H2,1-6H3. The zero-order valence-corrected chi connectivity index (χ0v) is 28.6. The summed E-state index contributed by atoms with van der Waals surface area (Å²) in [7, 11) is 0. The molecule has 4 nitrogen and oxygen atoms in total. The Kier molecular flexibility index (Phi) is 28.3. The van der Waals surface area contributed by atoms with Crippen LogP contribution in [0.25, 0.3) is 0 Å². The molecule has 0 fully saturated rings. The first kappa shape index (κ1) is 39.9. The Labute approximate surface area is 256 Å². The fraction of sp³-hybridized carbons (Fsp3) is 0.946. The average molecular weight is 581 g/mol. The highest BCUT2D eigenvalue weighted by atomic mass is 16.5. The summed E-state index contributed by atoms with van der Waals surface area (Å²) in [6.07, 6.45) is 27.6.